The van der Waals surface area contributed by atoms with Crippen LogP contribution in [0.3, 0.4) is 0 Å². The highest BCUT2D eigenvalue weighted by Gasteiger charge is 2.35. The summed E-state index contributed by atoms with van der Waals surface area (Å²) in [6.45, 7) is 3.31. The number of hydrogen-bond donors (Lipinski definition) is 1. The van der Waals surface area contributed by atoms with Gasteiger partial charge in [-0.2, -0.15) is 0 Å². The molecule has 4 nitrogen and oxygen atoms in total. The minimum Gasteiger partial charge on any atom is -0.348 e. The number of rotatable bonds is 2. The Balaban J connectivity index is 1.70. The van der Waals surface area contributed by atoms with E-state index in [1.165, 1.54) is 25.9 Å². The highest BCUT2D eigenvalue weighted by atomic mass is 35.5. The molecule has 1 atom stereocenters. The van der Waals surface area contributed by atoms with E-state index < -0.39 is 0 Å². The second kappa shape index (κ2) is 4.86. The summed E-state index contributed by atoms with van der Waals surface area (Å²) in [5.74, 6) is 0.515. The standard InChI is InChI=1S/C13H16ClN3O/c14-12-10(2-1-5-15-12)13(18)16-11-8-17-6-3-9(11)4-7-17/h1-2,5,9,11H,3-4,6-8H2,(H,16,18). The van der Waals surface area contributed by atoms with E-state index in [9.17, 15) is 4.79 Å². The quantitative estimate of drug-likeness (QED) is 0.826. The summed E-state index contributed by atoms with van der Waals surface area (Å²) in [5, 5.41) is 3.38. The van der Waals surface area contributed by atoms with Crippen LogP contribution >= 0.6 is 11.6 Å². The zero-order valence-electron chi connectivity index (χ0n) is 10.1. The molecule has 1 aromatic heterocycles. The van der Waals surface area contributed by atoms with Crippen molar-refractivity contribution < 1.29 is 4.79 Å². The van der Waals surface area contributed by atoms with Crippen molar-refractivity contribution in [1.29, 1.82) is 0 Å². The van der Waals surface area contributed by atoms with E-state index in [0.717, 1.165) is 6.54 Å². The lowest BCUT2D eigenvalue weighted by Crippen LogP contribution is -2.57. The SMILES string of the molecule is O=C(NC1CN2CCC1CC2)c1cccnc1Cl. The summed E-state index contributed by atoms with van der Waals surface area (Å²) >= 11 is 5.93. The van der Waals surface area contributed by atoms with Gasteiger partial charge in [0.05, 0.1) is 5.56 Å². The van der Waals surface area contributed by atoms with Gasteiger partial charge in [-0.3, -0.25) is 4.79 Å². The van der Waals surface area contributed by atoms with Crippen molar-refractivity contribution in [3.8, 4) is 0 Å². The molecule has 3 saturated heterocycles. The molecular weight excluding hydrogens is 250 g/mol. The molecule has 0 aliphatic carbocycles. The van der Waals surface area contributed by atoms with E-state index in [1.807, 2.05) is 0 Å². The molecule has 3 aliphatic heterocycles. The maximum atomic E-state index is 12.2. The first-order valence-electron chi connectivity index (χ1n) is 6.38. The van der Waals surface area contributed by atoms with Crippen LogP contribution in [0.4, 0.5) is 0 Å². The Labute approximate surface area is 111 Å². The van der Waals surface area contributed by atoms with Crippen LogP contribution in [-0.4, -0.2) is 41.5 Å². The maximum absolute atomic E-state index is 12.2. The van der Waals surface area contributed by atoms with E-state index in [4.69, 9.17) is 11.6 Å². The first-order chi connectivity index (χ1) is 8.74. The Morgan fingerprint density at radius 2 is 2.22 bits per heavy atom. The topological polar surface area (TPSA) is 45.2 Å². The van der Waals surface area contributed by atoms with Crippen LogP contribution in [0, 0.1) is 5.92 Å². The summed E-state index contributed by atoms with van der Waals surface area (Å²) in [6, 6.07) is 3.71. The van der Waals surface area contributed by atoms with Crippen molar-refractivity contribution >= 4 is 17.5 Å². The molecule has 5 heteroatoms. The average molecular weight is 266 g/mol. The van der Waals surface area contributed by atoms with Crippen LogP contribution in [0.15, 0.2) is 18.3 Å². The Morgan fingerprint density at radius 3 is 2.83 bits per heavy atom. The molecular formula is C13H16ClN3O. The van der Waals surface area contributed by atoms with Gasteiger partial charge in [0.15, 0.2) is 0 Å². The third-order valence-corrected chi connectivity index (χ3v) is 4.28. The average Bonchev–Trinajstić information content (AvgIpc) is 2.40. The largest absolute Gasteiger partial charge is 0.348 e. The first-order valence-corrected chi connectivity index (χ1v) is 6.75. The number of hydrogen-bond acceptors (Lipinski definition) is 3. The van der Waals surface area contributed by atoms with Gasteiger partial charge in [0, 0.05) is 18.8 Å². The van der Waals surface area contributed by atoms with Crippen LogP contribution in [0.1, 0.15) is 23.2 Å². The Kier molecular flexibility index (Phi) is 3.22. The van der Waals surface area contributed by atoms with Gasteiger partial charge in [0.25, 0.3) is 5.91 Å². The van der Waals surface area contributed by atoms with Crippen LogP contribution in [0.2, 0.25) is 5.15 Å². The molecule has 1 amide bonds. The number of carbonyl (C=O) groups is 1. The highest BCUT2D eigenvalue weighted by Crippen LogP contribution is 2.27. The molecule has 1 aromatic rings. The number of pyridine rings is 1. The molecule has 4 rings (SSSR count). The van der Waals surface area contributed by atoms with Gasteiger partial charge in [-0.15, -0.1) is 0 Å². The van der Waals surface area contributed by atoms with Gasteiger partial charge >= 0.3 is 0 Å². The number of halogens is 1. The minimum atomic E-state index is -0.105. The third kappa shape index (κ3) is 2.22. The van der Waals surface area contributed by atoms with E-state index in [2.05, 4.69) is 15.2 Å². The first kappa shape index (κ1) is 11.9. The molecule has 1 N–H and O–H groups in total. The number of aromatic nitrogens is 1. The van der Waals surface area contributed by atoms with E-state index >= 15 is 0 Å². The van der Waals surface area contributed by atoms with Gasteiger partial charge in [-0.1, -0.05) is 11.6 Å². The number of nitrogens with one attached hydrogen (secondary N) is 1. The van der Waals surface area contributed by atoms with Crippen LogP contribution in [0.5, 0.6) is 0 Å². The fourth-order valence-corrected chi connectivity index (χ4v) is 3.14. The zero-order valence-corrected chi connectivity index (χ0v) is 10.9. The van der Waals surface area contributed by atoms with Gasteiger partial charge in [0.1, 0.15) is 5.15 Å². The lowest BCUT2D eigenvalue weighted by atomic mass is 9.84. The van der Waals surface area contributed by atoms with Crippen molar-refractivity contribution in [3.63, 3.8) is 0 Å². The molecule has 0 radical (unpaired) electrons. The summed E-state index contributed by atoms with van der Waals surface area (Å²) in [4.78, 5) is 18.5. The van der Waals surface area contributed by atoms with Crippen molar-refractivity contribution in [2.24, 2.45) is 5.92 Å². The second-order valence-corrected chi connectivity index (χ2v) is 5.42. The number of fused-ring (bicyclic) bond motifs is 3. The van der Waals surface area contributed by atoms with Crippen molar-refractivity contribution in [1.82, 2.24) is 15.2 Å². The Hall–Kier alpha value is -1.13. The summed E-state index contributed by atoms with van der Waals surface area (Å²) in [6.07, 6.45) is 3.96. The Morgan fingerprint density at radius 1 is 1.44 bits per heavy atom. The minimum absolute atomic E-state index is 0.105. The summed E-state index contributed by atoms with van der Waals surface area (Å²) < 4.78 is 0. The monoisotopic (exact) mass is 265 g/mol. The molecule has 0 aromatic carbocycles. The highest BCUT2D eigenvalue weighted by molar-refractivity contribution is 6.32. The molecule has 18 heavy (non-hydrogen) atoms. The van der Waals surface area contributed by atoms with Gasteiger partial charge in [-0.05, 0) is 44.0 Å². The molecule has 0 saturated carbocycles. The number of carbonyl (C=O) groups excluding carboxylic acids is 1. The smallest absolute Gasteiger partial charge is 0.254 e. The van der Waals surface area contributed by atoms with Crippen molar-refractivity contribution in [2.45, 2.75) is 18.9 Å². The zero-order chi connectivity index (χ0) is 12.5. The van der Waals surface area contributed by atoms with Gasteiger partial charge in [-0.25, -0.2) is 4.98 Å². The van der Waals surface area contributed by atoms with Crippen molar-refractivity contribution in [2.75, 3.05) is 19.6 Å². The fourth-order valence-electron chi connectivity index (χ4n) is 2.93. The summed E-state index contributed by atoms with van der Waals surface area (Å²) in [5.41, 5.74) is 0.468. The van der Waals surface area contributed by atoms with E-state index in [-0.39, 0.29) is 17.1 Å². The third-order valence-electron chi connectivity index (χ3n) is 3.98. The molecule has 3 aliphatic rings. The van der Waals surface area contributed by atoms with Gasteiger partial charge in [0.2, 0.25) is 0 Å². The molecule has 2 bridgehead atoms. The molecule has 4 heterocycles. The predicted molar refractivity (Wildman–Crippen MR) is 69.7 cm³/mol. The van der Waals surface area contributed by atoms with E-state index in [0.29, 0.717) is 11.5 Å². The lowest BCUT2D eigenvalue weighted by Gasteiger charge is -2.44. The number of amides is 1. The molecule has 0 spiro atoms. The molecule has 1 unspecified atom stereocenters. The second-order valence-electron chi connectivity index (χ2n) is 5.06. The van der Waals surface area contributed by atoms with Crippen LogP contribution < -0.4 is 5.32 Å². The van der Waals surface area contributed by atoms with Crippen LogP contribution in [0.25, 0.3) is 0 Å². The lowest BCUT2D eigenvalue weighted by molar-refractivity contribution is 0.0620. The molecule has 3 fully saturated rings. The molecule has 96 valence electrons. The van der Waals surface area contributed by atoms with Gasteiger partial charge < -0.3 is 10.2 Å². The summed E-state index contributed by atoms with van der Waals surface area (Å²) in [7, 11) is 0. The van der Waals surface area contributed by atoms with Crippen LogP contribution in [-0.2, 0) is 0 Å². The Bertz CT molecular complexity index is 457. The predicted octanol–water partition coefficient (Wildman–Crippen LogP) is 1.56. The number of nitrogens with zero attached hydrogens (tertiary/aromatic N) is 2. The number of piperidine rings is 3. The fraction of sp³-hybridized carbons (Fsp3) is 0.538. The normalized spacial score (nSPS) is 30.2. The maximum Gasteiger partial charge on any atom is 0.254 e. The van der Waals surface area contributed by atoms with Crippen molar-refractivity contribution in [3.05, 3.63) is 29.0 Å². The van der Waals surface area contributed by atoms with E-state index in [1.54, 1.807) is 18.3 Å².